The van der Waals surface area contributed by atoms with Crippen LogP contribution in [0.25, 0.3) is 0 Å². The minimum Gasteiger partial charge on any atom is -0.366 e. The molecule has 98 valence electrons. The van der Waals surface area contributed by atoms with Gasteiger partial charge >= 0.3 is 0 Å². The van der Waals surface area contributed by atoms with Gasteiger partial charge in [-0.3, -0.25) is 4.79 Å². The molecule has 1 saturated heterocycles. The summed E-state index contributed by atoms with van der Waals surface area (Å²) < 4.78 is 31.2. The Morgan fingerprint density at radius 2 is 2.11 bits per heavy atom. The number of rotatable bonds is 4. The number of hydrogen-bond donors (Lipinski definition) is 1. The molecule has 1 fully saturated rings. The van der Waals surface area contributed by atoms with E-state index in [0.29, 0.717) is 18.5 Å². The van der Waals surface area contributed by atoms with Crippen molar-refractivity contribution in [2.45, 2.75) is 31.5 Å². The normalized spacial score (nSPS) is 23.3. The molecule has 2 atom stereocenters. The van der Waals surface area contributed by atoms with E-state index in [2.05, 4.69) is 0 Å². The number of Topliss-reactive ketones (excluding diaryl/α,β-unsaturated/α-hetero) is 1. The van der Waals surface area contributed by atoms with E-state index >= 15 is 0 Å². The molecule has 0 bridgehead atoms. The standard InChI is InChI=1S/C13H15F2NO2/c14-10-3-1-8(5-11(10)15)6-12(17)13-4-2-9(7-16)18-13/h1,3,5,9,13H,2,4,6-7,16H2. The van der Waals surface area contributed by atoms with Gasteiger partial charge in [-0.2, -0.15) is 0 Å². The van der Waals surface area contributed by atoms with Crippen molar-refractivity contribution < 1.29 is 18.3 Å². The van der Waals surface area contributed by atoms with E-state index in [1.807, 2.05) is 0 Å². The van der Waals surface area contributed by atoms with E-state index in [4.69, 9.17) is 10.5 Å². The zero-order valence-corrected chi connectivity index (χ0v) is 9.86. The first-order valence-electron chi connectivity index (χ1n) is 5.92. The van der Waals surface area contributed by atoms with E-state index in [0.717, 1.165) is 18.6 Å². The van der Waals surface area contributed by atoms with Gasteiger partial charge in [0.2, 0.25) is 0 Å². The van der Waals surface area contributed by atoms with E-state index in [1.54, 1.807) is 0 Å². The van der Waals surface area contributed by atoms with E-state index in [-0.39, 0.29) is 18.3 Å². The topological polar surface area (TPSA) is 52.3 Å². The largest absolute Gasteiger partial charge is 0.366 e. The first-order chi connectivity index (χ1) is 8.60. The first kappa shape index (κ1) is 13.1. The fourth-order valence-corrected chi connectivity index (χ4v) is 2.08. The van der Waals surface area contributed by atoms with Crippen LogP contribution in [0, 0.1) is 11.6 Å². The third kappa shape index (κ3) is 2.91. The molecular weight excluding hydrogens is 240 g/mol. The van der Waals surface area contributed by atoms with Crippen molar-refractivity contribution in [3.8, 4) is 0 Å². The summed E-state index contributed by atoms with van der Waals surface area (Å²) in [5.74, 6) is -1.96. The summed E-state index contributed by atoms with van der Waals surface area (Å²) in [5.41, 5.74) is 5.91. The molecule has 3 nitrogen and oxygen atoms in total. The fraction of sp³-hybridized carbons (Fsp3) is 0.462. The molecule has 1 aliphatic rings. The molecule has 0 amide bonds. The summed E-state index contributed by atoms with van der Waals surface area (Å²) in [6, 6.07) is 3.48. The minimum absolute atomic E-state index is 0.0547. The molecule has 5 heteroatoms. The van der Waals surface area contributed by atoms with Gasteiger partial charge in [0.25, 0.3) is 0 Å². The molecule has 2 unspecified atom stereocenters. The molecule has 0 aliphatic carbocycles. The van der Waals surface area contributed by atoms with Gasteiger partial charge in [0.15, 0.2) is 17.4 Å². The Morgan fingerprint density at radius 3 is 2.72 bits per heavy atom. The maximum absolute atomic E-state index is 13.0. The number of carbonyl (C=O) groups excluding carboxylic acids is 1. The van der Waals surface area contributed by atoms with Gasteiger partial charge in [-0.25, -0.2) is 8.78 Å². The lowest BCUT2D eigenvalue weighted by Crippen LogP contribution is -2.26. The number of nitrogens with two attached hydrogens (primary N) is 1. The summed E-state index contributed by atoms with van der Waals surface area (Å²) in [6.45, 7) is 0.398. The highest BCUT2D eigenvalue weighted by Crippen LogP contribution is 2.21. The number of hydrogen-bond acceptors (Lipinski definition) is 3. The predicted octanol–water partition coefficient (Wildman–Crippen LogP) is 1.58. The fourth-order valence-electron chi connectivity index (χ4n) is 2.08. The summed E-state index contributed by atoms with van der Waals surface area (Å²) in [7, 11) is 0. The van der Waals surface area contributed by atoms with Crippen LogP contribution in [-0.4, -0.2) is 24.5 Å². The quantitative estimate of drug-likeness (QED) is 0.888. The zero-order chi connectivity index (χ0) is 13.1. The molecule has 0 aromatic heterocycles. The monoisotopic (exact) mass is 255 g/mol. The highest BCUT2D eigenvalue weighted by Gasteiger charge is 2.29. The van der Waals surface area contributed by atoms with Crippen LogP contribution in [0.3, 0.4) is 0 Å². The van der Waals surface area contributed by atoms with Crippen LogP contribution in [0.5, 0.6) is 0 Å². The minimum atomic E-state index is -0.938. The van der Waals surface area contributed by atoms with Crippen molar-refractivity contribution in [2.24, 2.45) is 5.73 Å². The molecule has 1 aromatic rings. The van der Waals surface area contributed by atoms with Gasteiger partial charge in [0, 0.05) is 13.0 Å². The zero-order valence-electron chi connectivity index (χ0n) is 9.86. The predicted molar refractivity (Wildman–Crippen MR) is 62.0 cm³/mol. The molecule has 18 heavy (non-hydrogen) atoms. The Bertz CT molecular complexity index is 451. The molecule has 2 rings (SSSR count). The lowest BCUT2D eigenvalue weighted by Gasteiger charge is -2.11. The highest BCUT2D eigenvalue weighted by atomic mass is 19.2. The number of carbonyl (C=O) groups is 1. The number of benzene rings is 1. The van der Waals surface area contributed by atoms with Gasteiger partial charge < -0.3 is 10.5 Å². The van der Waals surface area contributed by atoms with Gasteiger partial charge in [-0.15, -0.1) is 0 Å². The van der Waals surface area contributed by atoms with Crippen LogP contribution in [0.2, 0.25) is 0 Å². The van der Waals surface area contributed by atoms with Crippen molar-refractivity contribution in [3.63, 3.8) is 0 Å². The molecule has 1 aromatic carbocycles. The molecule has 2 N–H and O–H groups in total. The van der Waals surface area contributed by atoms with Gasteiger partial charge in [0.1, 0.15) is 6.10 Å². The van der Waals surface area contributed by atoms with Crippen molar-refractivity contribution in [3.05, 3.63) is 35.4 Å². The van der Waals surface area contributed by atoms with Crippen molar-refractivity contribution in [1.82, 2.24) is 0 Å². The number of ether oxygens (including phenoxy) is 1. The molecule has 0 saturated carbocycles. The van der Waals surface area contributed by atoms with Crippen LogP contribution < -0.4 is 5.73 Å². The third-order valence-electron chi connectivity index (χ3n) is 3.09. The Morgan fingerprint density at radius 1 is 1.33 bits per heavy atom. The summed E-state index contributed by atoms with van der Waals surface area (Å²) in [6.07, 6.45) is 0.935. The summed E-state index contributed by atoms with van der Waals surface area (Å²) >= 11 is 0. The highest BCUT2D eigenvalue weighted by molar-refractivity contribution is 5.85. The molecule has 0 radical (unpaired) electrons. The molecular formula is C13H15F2NO2. The Labute approximate surface area is 104 Å². The Balaban J connectivity index is 1.97. The SMILES string of the molecule is NCC1CCC(C(=O)Cc2ccc(F)c(F)c2)O1. The van der Waals surface area contributed by atoms with E-state index < -0.39 is 17.7 Å². The van der Waals surface area contributed by atoms with Crippen molar-refractivity contribution in [1.29, 1.82) is 0 Å². The van der Waals surface area contributed by atoms with Gasteiger partial charge in [0.05, 0.1) is 6.10 Å². The first-order valence-corrected chi connectivity index (χ1v) is 5.92. The summed E-state index contributed by atoms with van der Waals surface area (Å²) in [5, 5.41) is 0. The van der Waals surface area contributed by atoms with Crippen molar-refractivity contribution in [2.75, 3.05) is 6.54 Å². The lowest BCUT2D eigenvalue weighted by atomic mass is 10.0. The van der Waals surface area contributed by atoms with E-state index in [9.17, 15) is 13.6 Å². The Kier molecular flexibility index (Phi) is 4.04. The molecule has 1 aliphatic heterocycles. The van der Waals surface area contributed by atoms with Gasteiger partial charge in [-0.1, -0.05) is 6.07 Å². The van der Waals surface area contributed by atoms with Crippen LogP contribution in [-0.2, 0) is 16.0 Å². The maximum atomic E-state index is 13.0. The molecule has 1 heterocycles. The second kappa shape index (κ2) is 5.54. The maximum Gasteiger partial charge on any atom is 0.165 e. The number of halogens is 2. The van der Waals surface area contributed by atoms with Gasteiger partial charge in [-0.05, 0) is 30.5 Å². The smallest absolute Gasteiger partial charge is 0.165 e. The van der Waals surface area contributed by atoms with Crippen LogP contribution in [0.15, 0.2) is 18.2 Å². The van der Waals surface area contributed by atoms with Crippen LogP contribution in [0.1, 0.15) is 18.4 Å². The van der Waals surface area contributed by atoms with Crippen molar-refractivity contribution >= 4 is 5.78 Å². The van der Waals surface area contributed by atoms with Crippen LogP contribution >= 0.6 is 0 Å². The molecule has 0 spiro atoms. The second-order valence-electron chi connectivity index (χ2n) is 4.45. The number of ketones is 1. The summed E-state index contributed by atoms with van der Waals surface area (Å²) in [4.78, 5) is 11.9. The average Bonchev–Trinajstić information content (AvgIpc) is 2.82. The second-order valence-corrected chi connectivity index (χ2v) is 4.45. The van der Waals surface area contributed by atoms with E-state index in [1.165, 1.54) is 6.07 Å². The average molecular weight is 255 g/mol. The Hall–Kier alpha value is -1.33. The third-order valence-corrected chi connectivity index (χ3v) is 3.09. The lowest BCUT2D eigenvalue weighted by molar-refractivity contribution is -0.128. The van der Waals surface area contributed by atoms with Crippen LogP contribution in [0.4, 0.5) is 8.78 Å².